The molecule has 2 aliphatic carbocycles. The molecule has 172 valence electrons. The minimum atomic E-state index is -3.53. The van der Waals surface area contributed by atoms with Gasteiger partial charge in [0.25, 0.3) is 0 Å². The van der Waals surface area contributed by atoms with Crippen LogP contribution in [0.2, 0.25) is 0 Å². The summed E-state index contributed by atoms with van der Waals surface area (Å²) < 4.78 is 30.1. The van der Waals surface area contributed by atoms with Crippen molar-refractivity contribution in [2.75, 3.05) is 19.0 Å². The van der Waals surface area contributed by atoms with Crippen molar-refractivity contribution < 1.29 is 18.5 Å². The summed E-state index contributed by atoms with van der Waals surface area (Å²) in [4.78, 5) is 13.1. The zero-order valence-corrected chi connectivity index (χ0v) is 19.5. The minimum absolute atomic E-state index is 0.0965. The molecule has 3 aliphatic rings. The highest BCUT2D eigenvalue weighted by Crippen LogP contribution is 2.39. The van der Waals surface area contributed by atoms with Crippen molar-refractivity contribution in [3.63, 3.8) is 0 Å². The number of aryl methyl sites for hydroxylation is 1. The summed E-state index contributed by atoms with van der Waals surface area (Å²) in [5, 5.41) is 13.2. The first-order chi connectivity index (χ1) is 15.2. The van der Waals surface area contributed by atoms with Gasteiger partial charge in [-0.1, -0.05) is 19.9 Å². The molecule has 32 heavy (non-hydrogen) atoms. The van der Waals surface area contributed by atoms with Gasteiger partial charge in [0.05, 0.1) is 25.5 Å². The molecule has 2 amide bonds. The molecule has 0 bridgehead atoms. The minimum Gasteiger partial charge on any atom is -0.476 e. The molecule has 10 heteroatoms. The molecule has 1 aromatic heterocycles. The number of nitrogens with one attached hydrogen (secondary N) is 1. The van der Waals surface area contributed by atoms with Crippen LogP contribution in [-0.2, 0) is 46.9 Å². The third-order valence-electron chi connectivity index (χ3n) is 6.52. The number of nitrogens with two attached hydrogens (primary N) is 1. The van der Waals surface area contributed by atoms with Crippen LogP contribution in [0.1, 0.15) is 42.5 Å². The molecule has 0 saturated heterocycles. The van der Waals surface area contributed by atoms with E-state index in [0.717, 1.165) is 48.9 Å². The Balaban J connectivity index is 1.46. The van der Waals surface area contributed by atoms with Gasteiger partial charge in [0.15, 0.2) is 9.92 Å². The molecule has 0 fully saturated rings. The van der Waals surface area contributed by atoms with E-state index in [1.807, 2.05) is 0 Å². The number of carbonyl (C=O) groups excluding carboxylic acids is 1. The Bertz CT molecular complexity index is 1230. The molecule has 2 atom stereocenters. The zero-order valence-electron chi connectivity index (χ0n) is 18.6. The summed E-state index contributed by atoms with van der Waals surface area (Å²) in [6, 6.07) is 1.52. The monoisotopic (exact) mass is 459 g/mol. The van der Waals surface area contributed by atoms with E-state index in [2.05, 4.69) is 34.7 Å². The fourth-order valence-corrected chi connectivity index (χ4v) is 5.97. The Morgan fingerprint density at radius 1 is 1.34 bits per heavy atom. The van der Waals surface area contributed by atoms with Crippen LogP contribution in [0, 0.1) is 5.41 Å². The predicted molar refractivity (Wildman–Crippen MR) is 120 cm³/mol. The molecule has 2 aromatic rings. The number of hydrogen-bond acceptors (Lipinski definition) is 5. The average molecular weight is 460 g/mol. The fraction of sp³-hybridized carbons (Fsp3) is 0.545. The summed E-state index contributed by atoms with van der Waals surface area (Å²) in [6.07, 6.45) is 5.97. The average Bonchev–Trinajstić information content (AvgIpc) is 3.43. The number of carbonyl (C=O) groups is 1. The Hall–Kier alpha value is -2.43. The number of aromatic nitrogens is 2. The fourth-order valence-electron chi connectivity index (χ4n) is 4.96. The van der Waals surface area contributed by atoms with Gasteiger partial charge < -0.3 is 14.8 Å². The van der Waals surface area contributed by atoms with Crippen LogP contribution in [0.4, 0.5) is 10.5 Å². The lowest BCUT2D eigenvalue weighted by atomic mass is 9.94. The Morgan fingerprint density at radius 2 is 2.16 bits per heavy atom. The second-order valence-electron chi connectivity index (χ2n) is 9.66. The van der Waals surface area contributed by atoms with Crippen molar-refractivity contribution in [3.8, 4) is 5.88 Å². The molecule has 9 nitrogen and oxygen atoms in total. The highest BCUT2D eigenvalue weighted by atomic mass is 32.2. The summed E-state index contributed by atoms with van der Waals surface area (Å²) in [7, 11) is -1.82. The summed E-state index contributed by atoms with van der Waals surface area (Å²) in [6.45, 7) is 5.16. The molecule has 0 radical (unpaired) electrons. The number of rotatable bonds is 3. The number of urea groups is 1. The number of hydrogen-bond donors (Lipinski definition) is 2. The van der Waals surface area contributed by atoms with Gasteiger partial charge in [-0.25, -0.2) is 18.8 Å². The first-order valence-corrected chi connectivity index (χ1v) is 12.5. The number of nitrogens with zero attached hydrogens (tertiary/aromatic N) is 3. The maximum absolute atomic E-state index is 13.2. The largest absolute Gasteiger partial charge is 0.476 e. The second-order valence-corrected chi connectivity index (χ2v) is 11.4. The Morgan fingerprint density at radius 3 is 2.94 bits per heavy atom. The van der Waals surface area contributed by atoms with Crippen molar-refractivity contribution in [2.45, 2.75) is 63.5 Å². The van der Waals surface area contributed by atoms with Gasteiger partial charge >= 0.3 is 6.03 Å². The number of amides is 2. The first kappa shape index (κ1) is 21.4. The van der Waals surface area contributed by atoms with Crippen molar-refractivity contribution in [1.29, 1.82) is 0 Å². The molecule has 3 N–H and O–H groups in total. The molecule has 1 aromatic carbocycles. The quantitative estimate of drug-likeness (QED) is 0.731. The summed E-state index contributed by atoms with van der Waals surface area (Å²) in [5.41, 5.74) is 5.36. The molecule has 0 saturated carbocycles. The van der Waals surface area contributed by atoms with Gasteiger partial charge in [0.2, 0.25) is 5.88 Å². The van der Waals surface area contributed by atoms with Crippen molar-refractivity contribution in [2.24, 2.45) is 14.9 Å². The molecular formula is C22H29N5O4S. The van der Waals surface area contributed by atoms with E-state index in [1.54, 1.807) is 11.8 Å². The lowest BCUT2D eigenvalue weighted by Gasteiger charge is -2.30. The van der Waals surface area contributed by atoms with E-state index < -0.39 is 15.9 Å². The van der Waals surface area contributed by atoms with E-state index in [-0.39, 0.29) is 16.4 Å². The number of benzene rings is 1. The van der Waals surface area contributed by atoms with E-state index in [9.17, 15) is 9.00 Å². The lowest BCUT2D eigenvalue weighted by molar-refractivity contribution is 0.0972. The van der Waals surface area contributed by atoms with Crippen LogP contribution in [0.3, 0.4) is 0 Å². The predicted octanol–water partition coefficient (Wildman–Crippen LogP) is 2.84. The highest BCUT2D eigenvalue weighted by molar-refractivity contribution is 7.91. The van der Waals surface area contributed by atoms with Gasteiger partial charge in [-0.05, 0) is 47.9 Å². The van der Waals surface area contributed by atoms with Gasteiger partial charge in [-0.15, -0.1) is 4.36 Å². The molecular weight excluding hydrogens is 430 g/mol. The third kappa shape index (κ3) is 3.70. The standard InChI is InChI=1S/C22H29N5O4S/c1-22(2)11-27-20(31-12-22)18(10-24-27)32(23,29)26-21(28)25-19-16-6-4-5-13(16)7-14-8-15(30-3)9-17(14)19/h7,10,15H,4-6,8-9,11-12H2,1-3H3,(H3,23,25,26,28,29). The van der Waals surface area contributed by atoms with E-state index in [4.69, 9.17) is 14.6 Å². The van der Waals surface area contributed by atoms with Crippen LogP contribution in [0.5, 0.6) is 5.88 Å². The summed E-state index contributed by atoms with van der Waals surface area (Å²) in [5.74, 6) is 0.317. The van der Waals surface area contributed by atoms with E-state index in [0.29, 0.717) is 19.0 Å². The summed E-state index contributed by atoms with van der Waals surface area (Å²) >= 11 is 0. The molecule has 5 rings (SSSR count). The van der Waals surface area contributed by atoms with Crippen LogP contribution < -0.4 is 15.2 Å². The van der Waals surface area contributed by atoms with Crippen LogP contribution in [-0.4, -0.2) is 39.8 Å². The number of methoxy groups -OCH3 is 1. The second kappa shape index (κ2) is 7.57. The van der Waals surface area contributed by atoms with Crippen molar-refractivity contribution in [1.82, 2.24) is 9.78 Å². The van der Waals surface area contributed by atoms with Crippen molar-refractivity contribution >= 4 is 21.6 Å². The number of fused-ring (bicyclic) bond motifs is 3. The molecule has 1 aliphatic heterocycles. The molecule has 0 spiro atoms. The van der Waals surface area contributed by atoms with E-state index in [1.165, 1.54) is 17.3 Å². The van der Waals surface area contributed by atoms with Gasteiger partial charge in [-0.2, -0.15) is 5.10 Å². The van der Waals surface area contributed by atoms with Crippen LogP contribution in [0.15, 0.2) is 21.5 Å². The number of ether oxygens (including phenoxy) is 2. The van der Waals surface area contributed by atoms with Gasteiger partial charge in [0.1, 0.15) is 4.90 Å². The smallest absolute Gasteiger partial charge is 0.354 e. The molecule has 2 unspecified atom stereocenters. The Kier molecular flexibility index (Phi) is 5.06. The lowest BCUT2D eigenvalue weighted by Crippen LogP contribution is -2.33. The van der Waals surface area contributed by atoms with Crippen LogP contribution in [0.25, 0.3) is 0 Å². The SMILES string of the molecule is COC1Cc2cc3c(c(NC(=O)N=S(N)(=O)c4cnn5c4OCC(C)(C)C5)c2C1)CCC3. The first-order valence-electron chi connectivity index (χ1n) is 10.9. The van der Waals surface area contributed by atoms with Crippen molar-refractivity contribution in [3.05, 3.63) is 34.5 Å². The topological polar surface area (TPSA) is 121 Å². The zero-order chi connectivity index (χ0) is 22.7. The maximum atomic E-state index is 13.2. The third-order valence-corrected chi connectivity index (χ3v) is 7.86. The van der Waals surface area contributed by atoms with E-state index >= 15 is 0 Å². The normalized spacial score (nSPS) is 22.3. The number of anilines is 1. The van der Waals surface area contributed by atoms with Gasteiger partial charge in [0, 0.05) is 24.6 Å². The maximum Gasteiger partial charge on any atom is 0.354 e. The van der Waals surface area contributed by atoms with Gasteiger partial charge in [-0.3, -0.25) is 0 Å². The highest BCUT2D eigenvalue weighted by Gasteiger charge is 2.33. The van der Waals surface area contributed by atoms with Crippen LogP contribution >= 0.6 is 0 Å². The Labute approximate surface area is 188 Å². The molecule has 2 heterocycles.